The van der Waals surface area contributed by atoms with E-state index in [4.69, 9.17) is 0 Å². The molecule has 31 heavy (non-hydrogen) atoms. The van der Waals surface area contributed by atoms with E-state index in [9.17, 15) is 23.1 Å². The first-order valence-corrected chi connectivity index (χ1v) is 9.68. The van der Waals surface area contributed by atoms with Gasteiger partial charge in [0.1, 0.15) is 11.3 Å². The summed E-state index contributed by atoms with van der Waals surface area (Å²) in [5, 5.41) is 14.2. The van der Waals surface area contributed by atoms with Gasteiger partial charge in [-0.05, 0) is 30.3 Å². The highest BCUT2D eigenvalue weighted by atomic mass is 19.4. The molecule has 0 saturated carbocycles. The molecule has 1 aliphatic rings. The lowest BCUT2D eigenvalue weighted by Crippen LogP contribution is -2.48. The number of nitrogens with zero attached hydrogens (tertiary/aromatic N) is 5. The maximum Gasteiger partial charge on any atom is 0.433 e. The summed E-state index contributed by atoms with van der Waals surface area (Å²) in [4.78, 5) is 18.3. The third kappa shape index (κ3) is 3.14. The monoisotopic (exact) mass is 429 g/mol. The Hall–Kier alpha value is -3.40. The Kier molecular flexibility index (Phi) is 4.30. The summed E-state index contributed by atoms with van der Waals surface area (Å²) >= 11 is 0. The second kappa shape index (κ2) is 6.81. The van der Waals surface area contributed by atoms with Crippen molar-refractivity contribution < 1.29 is 18.3 Å². The zero-order chi connectivity index (χ0) is 21.9. The van der Waals surface area contributed by atoms with Crippen molar-refractivity contribution in [2.75, 3.05) is 24.6 Å². The Labute approximate surface area is 174 Å². The minimum Gasteiger partial charge on any atom is -0.396 e. The molecule has 0 bridgehead atoms. The molecule has 1 saturated heterocycles. The lowest BCUT2D eigenvalue weighted by atomic mass is 10.00. The second-order valence-electron chi connectivity index (χ2n) is 7.75. The molecule has 0 atom stereocenters. The number of alkyl halides is 3. The molecule has 0 amide bonds. The predicted molar refractivity (Wildman–Crippen MR) is 109 cm³/mol. The molecule has 160 valence electrons. The number of halogens is 3. The molecule has 1 fully saturated rings. The van der Waals surface area contributed by atoms with Gasteiger partial charge in [-0.15, -0.1) is 0 Å². The van der Waals surface area contributed by atoms with E-state index in [2.05, 4.69) is 15.0 Å². The summed E-state index contributed by atoms with van der Waals surface area (Å²) in [6.45, 7) is 1.57. The van der Waals surface area contributed by atoms with Crippen LogP contribution in [-0.2, 0) is 13.2 Å². The highest BCUT2D eigenvalue weighted by molar-refractivity contribution is 5.85. The maximum atomic E-state index is 13.1. The number of hydrogen-bond donors (Lipinski definition) is 1. The van der Waals surface area contributed by atoms with E-state index in [0.29, 0.717) is 22.2 Å². The van der Waals surface area contributed by atoms with Gasteiger partial charge in [-0.2, -0.15) is 18.3 Å². The van der Waals surface area contributed by atoms with Crippen molar-refractivity contribution >= 4 is 22.2 Å². The van der Waals surface area contributed by atoms with Crippen LogP contribution in [0, 0.1) is 5.92 Å². The van der Waals surface area contributed by atoms with E-state index >= 15 is 0 Å². The normalized spacial score (nSPS) is 15.1. The van der Waals surface area contributed by atoms with Crippen LogP contribution in [0.3, 0.4) is 0 Å². The van der Waals surface area contributed by atoms with Crippen molar-refractivity contribution in [2.45, 2.75) is 6.18 Å². The summed E-state index contributed by atoms with van der Waals surface area (Å²) < 4.78 is 42.2. The second-order valence-corrected chi connectivity index (χ2v) is 7.75. The molecule has 1 aliphatic heterocycles. The Morgan fingerprint density at radius 3 is 2.65 bits per heavy atom. The summed E-state index contributed by atoms with van der Waals surface area (Å²) in [5.74, 6) is 0.227. The quantitative estimate of drug-likeness (QED) is 0.542. The number of fused-ring (bicyclic) bond motifs is 3. The number of rotatable bonds is 3. The van der Waals surface area contributed by atoms with E-state index in [1.807, 2.05) is 12.1 Å². The topological polar surface area (TPSA) is 75.7 Å². The fraction of sp³-hybridized carbons (Fsp3) is 0.286. The van der Waals surface area contributed by atoms with E-state index in [1.54, 1.807) is 23.7 Å². The van der Waals surface area contributed by atoms with Gasteiger partial charge < -0.3 is 10.0 Å². The van der Waals surface area contributed by atoms with Crippen LogP contribution in [0.25, 0.3) is 27.8 Å². The van der Waals surface area contributed by atoms with E-state index < -0.39 is 11.9 Å². The largest absolute Gasteiger partial charge is 0.433 e. The van der Waals surface area contributed by atoms with Gasteiger partial charge in [0.25, 0.3) is 5.56 Å². The summed E-state index contributed by atoms with van der Waals surface area (Å²) in [6.07, 6.45) is -3.47. The smallest absolute Gasteiger partial charge is 0.396 e. The van der Waals surface area contributed by atoms with Crippen LogP contribution in [-0.4, -0.2) is 44.0 Å². The van der Waals surface area contributed by atoms with Gasteiger partial charge in [-0.1, -0.05) is 0 Å². The van der Waals surface area contributed by atoms with Gasteiger partial charge in [-0.25, -0.2) is 4.52 Å². The lowest BCUT2D eigenvalue weighted by Gasteiger charge is -2.40. The molecular formula is C21H18F3N5O2. The molecule has 7 nitrogen and oxygen atoms in total. The molecule has 0 unspecified atom stereocenters. The number of aromatic nitrogens is 4. The Balaban J connectivity index is 1.68. The highest BCUT2D eigenvalue weighted by Gasteiger charge is 2.32. The Morgan fingerprint density at radius 2 is 1.94 bits per heavy atom. The molecule has 10 heteroatoms. The third-order valence-electron chi connectivity index (χ3n) is 5.71. The summed E-state index contributed by atoms with van der Waals surface area (Å²) in [7, 11) is 1.60. The van der Waals surface area contributed by atoms with Crippen LogP contribution < -0.4 is 10.5 Å². The van der Waals surface area contributed by atoms with Gasteiger partial charge in [0.15, 0.2) is 0 Å². The first-order chi connectivity index (χ1) is 14.8. The lowest BCUT2D eigenvalue weighted by molar-refractivity contribution is -0.141. The molecule has 4 aromatic rings. The number of aliphatic hydroxyl groups excluding tert-OH is 1. The number of aryl methyl sites for hydroxylation is 1. The van der Waals surface area contributed by atoms with Crippen molar-refractivity contribution in [3.63, 3.8) is 0 Å². The standard InChI is InChI=1S/C21H18F3N5O2/c1-27-19-8-16(13-4-5-25-18(6-13)21(22,23)24)26-29(19)17-7-14(2-3-15(17)20(27)31)28-9-12(10-28)11-30/h2-8,12,30H,9-11H2,1H3. The number of benzene rings is 1. The average Bonchev–Trinajstić information content (AvgIpc) is 3.17. The van der Waals surface area contributed by atoms with E-state index in [0.717, 1.165) is 31.0 Å². The van der Waals surface area contributed by atoms with Crippen molar-refractivity contribution in [1.29, 1.82) is 0 Å². The van der Waals surface area contributed by atoms with Crippen LogP contribution in [0.2, 0.25) is 0 Å². The highest BCUT2D eigenvalue weighted by Crippen LogP contribution is 2.31. The van der Waals surface area contributed by atoms with Crippen LogP contribution in [0.1, 0.15) is 5.69 Å². The van der Waals surface area contributed by atoms with Crippen LogP contribution in [0.5, 0.6) is 0 Å². The molecule has 1 N–H and O–H groups in total. The fourth-order valence-electron chi connectivity index (χ4n) is 3.93. The van der Waals surface area contributed by atoms with Crippen molar-refractivity contribution in [1.82, 2.24) is 19.2 Å². The summed E-state index contributed by atoms with van der Waals surface area (Å²) in [6, 6.07) is 9.43. The van der Waals surface area contributed by atoms with Crippen molar-refractivity contribution in [2.24, 2.45) is 13.0 Å². The minimum absolute atomic E-state index is 0.128. The maximum absolute atomic E-state index is 13.1. The molecule has 0 aliphatic carbocycles. The average molecular weight is 429 g/mol. The predicted octanol–water partition coefficient (Wildman–Crippen LogP) is 2.70. The first-order valence-electron chi connectivity index (χ1n) is 9.68. The molecular weight excluding hydrogens is 411 g/mol. The van der Waals surface area contributed by atoms with E-state index in [1.165, 1.54) is 10.6 Å². The van der Waals surface area contributed by atoms with Gasteiger partial charge >= 0.3 is 6.18 Å². The number of pyridine rings is 1. The molecule has 0 radical (unpaired) electrons. The van der Waals surface area contributed by atoms with E-state index in [-0.39, 0.29) is 23.6 Å². The Bertz CT molecular complexity index is 1370. The zero-order valence-corrected chi connectivity index (χ0v) is 16.5. The molecule has 1 aromatic carbocycles. The number of aliphatic hydroxyl groups is 1. The van der Waals surface area contributed by atoms with Gasteiger partial charge in [0, 0.05) is 56.2 Å². The van der Waals surface area contributed by atoms with Gasteiger partial charge in [-0.3, -0.25) is 14.3 Å². The molecule has 5 rings (SSSR count). The summed E-state index contributed by atoms with van der Waals surface area (Å²) in [5.41, 5.74) is 1.28. The fourth-order valence-corrected chi connectivity index (χ4v) is 3.93. The van der Waals surface area contributed by atoms with Crippen LogP contribution in [0.4, 0.5) is 18.9 Å². The molecule has 4 heterocycles. The first kappa shape index (κ1) is 19.6. The molecule has 3 aromatic heterocycles. The van der Waals surface area contributed by atoms with Crippen LogP contribution >= 0.6 is 0 Å². The minimum atomic E-state index is -4.56. The van der Waals surface area contributed by atoms with Crippen molar-refractivity contribution in [3.8, 4) is 11.3 Å². The third-order valence-corrected chi connectivity index (χ3v) is 5.71. The van der Waals surface area contributed by atoms with Gasteiger partial charge in [0.2, 0.25) is 0 Å². The Morgan fingerprint density at radius 1 is 1.16 bits per heavy atom. The number of anilines is 1. The van der Waals surface area contributed by atoms with Gasteiger partial charge in [0.05, 0.1) is 16.6 Å². The van der Waals surface area contributed by atoms with Crippen molar-refractivity contribution in [3.05, 3.63) is 58.6 Å². The zero-order valence-electron chi connectivity index (χ0n) is 16.5. The number of hydrogen-bond acceptors (Lipinski definition) is 5. The molecule has 0 spiro atoms. The SMILES string of the molecule is Cn1c(=O)c2ccc(N3CC(CO)C3)cc2n2nc(-c3ccnc(C(F)(F)F)c3)cc12. The van der Waals surface area contributed by atoms with Crippen LogP contribution in [0.15, 0.2) is 47.4 Å².